The van der Waals surface area contributed by atoms with Crippen LogP contribution >= 0.6 is 0 Å². The summed E-state index contributed by atoms with van der Waals surface area (Å²) in [4.78, 5) is 13.3. The number of phenols is 2. The van der Waals surface area contributed by atoms with Gasteiger partial charge in [-0.2, -0.15) is 0 Å². The van der Waals surface area contributed by atoms with Crippen molar-refractivity contribution in [2.24, 2.45) is 0 Å². The Balaban J connectivity index is 1.87. The molecule has 1 saturated heterocycles. The Kier molecular flexibility index (Phi) is 6.05. The Bertz CT molecular complexity index is 1180. The summed E-state index contributed by atoms with van der Waals surface area (Å²) in [7, 11) is 0. The number of allylic oxidation sites excluding steroid dienone is 2. The SMILES string of the molecule is O=c1c(OC2OC(CO)C(O)C(O)C2O)c(C2=CC=C(O)C(O)C2)oc2cc(O)cc(O)c12. The third-order valence-electron chi connectivity index (χ3n) is 5.50. The van der Waals surface area contributed by atoms with Gasteiger partial charge in [-0.15, -0.1) is 0 Å². The van der Waals surface area contributed by atoms with Crippen molar-refractivity contribution in [2.45, 2.75) is 43.2 Å². The number of aliphatic hydroxyl groups excluding tert-OH is 6. The fraction of sp³-hybridized carbons (Fsp3) is 0.381. The zero-order chi connectivity index (χ0) is 24.0. The van der Waals surface area contributed by atoms with E-state index in [0.717, 1.165) is 12.1 Å². The molecule has 2 heterocycles. The molecule has 1 aliphatic carbocycles. The smallest absolute Gasteiger partial charge is 0.239 e. The molecule has 0 bridgehead atoms. The lowest BCUT2D eigenvalue weighted by molar-refractivity contribution is -0.277. The van der Waals surface area contributed by atoms with Gasteiger partial charge in [0.25, 0.3) is 0 Å². The van der Waals surface area contributed by atoms with Crippen LogP contribution in [-0.2, 0) is 4.74 Å². The molecule has 1 aromatic heterocycles. The van der Waals surface area contributed by atoms with E-state index in [4.69, 9.17) is 13.9 Å². The number of ether oxygens (including phenoxy) is 2. The molecular formula is C21H22O12. The molecule has 2 aromatic rings. The molecule has 0 amide bonds. The highest BCUT2D eigenvalue weighted by atomic mass is 16.7. The number of fused-ring (bicyclic) bond motifs is 1. The summed E-state index contributed by atoms with van der Waals surface area (Å²) < 4.78 is 16.5. The van der Waals surface area contributed by atoms with Crippen molar-refractivity contribution >= 4 is 16.5 Å². The first kappa shape index (κ1) is 23.0. The first-order valence-electron chi connectivity index (χ1n) is 9.90. The van der Waals surface area contributed by atoms with Crippen LogP contribution in [0.25, 0.3) is 16.5 Å². The van der Waals surface area contributed by atoms with Crippen LogP contribution in [-0.4, -0.2) is 84.3 Å². The minimum absolute atomic E-state index is 0.182. The normalized spacial score (nSPS) is 30.1. The van der Waals surface area contributed by atoms with E-state index >= 15 is 0 Å². The highest BCUT2D eigenvalue weighted by Crippen LogP contribution is 2.37. The minimum atomic E-state index is -1.84. The van der Waals surface area contributed by atoms with Gasteiger partial charge in [0.05, 0.1) is 6.61 Å². The molecule has 178 valence electrons. The molecule has 8 N–H and O–H groups in total. The molecule has 1 fully saturated rings. The van der Waals surface area contributed by atoms with Crippen LogP contribution in [0.15, 0.2) is 39.3 Å². The monoisotopic (exact) mass is 466 g/mol. The topological polar surface area (TPSA) is 211 Å². The highest BCUT2D eigenvalue weighted by Gasteiger charge is 2.45. The Morgan fingerprint density at radius 1 is 1.00 bits per heavy atom. The molecule has 0 saturated carbocycles. The van der Waals surface area contributed by atoms with Crippen molar-refractivity contribution < 1.29 is 54.7 Å². The molecular weight excluding hydrogens is 444 g/mol. The van der Waals surface area contributed by atoms with Gasteiger partial charge in [-0.05, 0) is 6.08 Å². The van der Waals surface area contributed by atoms with Crippen LogP contribution in [0.1, 0.15) is 12.2 Å². The lowest BCUT2D eigenvalue weighted by Gasteiger charge is -2.39. The van der Waals surface area contributed by atoms with Crippen LogP contribution in [0.4, 0.5) is 0 Å². The molecule has 0 spiro atoms. The van der Waals surface area contributed by atoms with Gasteiger partial charge in [0, 0.05) is 24.1 Å². The van der Waals surface area contributed by atoms with E-state index in [2.05, 4.69) is 0 Å². The zero-order valence-corrected chi connectivity index (χ0v) is 16.9. The fourth-order valence-corrected chi connectivity index (χ4v) is 3.71. The summed E-state index contributed by atoms with van der Waals surface area (Å²) in [6, 6.07) is 1.98. The first-order chi connectivity index (χ1) is 15.6. The number of hydrogen-bond acceptors (Lipinski definition) is 12. The van der Waals surface area contributed by atoms with Gasteiger partial charge in [-0.25, -0.2) is 0 Å². The second kappa shape index (κ2) is 8.67. The predicted octanol–water partition coefficient (Wildman–Crippen LogP) is -1.03. The van der Waals surface area contributed by atoms with Gasteiger partial charge in [0.2, 0.25) is 17.5 Å². The van der Waals surface area contributed by atoms with Gasteiger partial charge in [0.15, 0.2) is 5.76 Å². The van der Waals surface area contributed by atoms with Crippen molar-refractivity contribution in [2.75, 3.05) is 6.61 Å². The third kappa shape index (κ3) is 4.04. The van der Waals surface area contributed by atoms with E-state index < -0.39 is 66.1 Å². The lowest BCUT2D eigenvalue weighted by Crippen LogP contribution is -2.60. The number of benzene rings is 1. The molecule has 2 aliphatic rings. The molecule has 1 aliphatic heterocycles. The standard InChI is InChI=1S/C21H22O12/c22-6-13-15(27)17(29)18(30)21(32-13)33-20-16(28)14-11(26)4-8(23)5-12(14)31-19(20)7-1-2-9(24)10(25)3-7/h1-2,4-5,10,13,15,17-18,21-27,29-30H,3,6H2. The quantitative estimate of drug-likeness (QED) is 0.272. The van der Waals surface area contributed by atoms with E-state index in [0.29, 0.717) is 0 Å². The number of hydrogen-bond donors (Lipinski definition) is 8. The Hall–Kier alpha value is -3.13. The first-order valence-corrected chi connectivity index (χ1v) is 9.90. The van der Waals surface area contributed by atoms with Crippen LogP contribution < -0.4 is 10.2 Å². The summed E-state index contributed by atoms with van der Waals surface area (Å²) in [5.41, 5.74) is -0.973. The average molecular weight is 466 g/mol. The largest absolute Gasteiger partial charge is 0.510 e. The fourth-order valence-electron chi connectivity index (χ4n) is 3.71. The van der Waals surface area contributed by atoms with E-state index in [1.807, 2.05) is 0 Å². The van der Waals surface area contributed by atoms with Gasteiger partial charge in [0.1, 0.15) is 58.7 Å². The van der Waals surface area contributed by atoms with Crippen LogP contribution in [0.3, 0.4) is 0 Å². The minimum Gasteiger partial charge on any atom is -0.510 e. The molecule has 0 radical (unpaired) electrons. The van der Waals surface area contributed by atoms with Crippen molar-refractivity contribution in [1.29, 1.82) is 0 Å². The molecule has 4 rings (SSSR count). The summed E-state index contributed by atoms with van der Waals surface area (Å²) >= 11 is 0. The Labute approximate surface area is 185 Å². The van der Waals surface area contributed by atoms with E-state index in [1.54, 1.807) is 0 Å². The van der Waals surface area contributed by atoms with E-state index in [-0.39, 0.29) is 34.5 Å². The van der Waals surface area contributed by atoms with Crippen molar-refractivity contribution in [3.05, 3.63) is 46.0 Å². The molecule has 12 heteroatoms. The second-order valence-corrected chi connectivity index (χ2v) is 7.75. The van der Waals surface area contributed by atoms with Crippen LogP contribution in [0.5, 0.6) is 17.2 Å². The zero-order valence-electron chi connectivity index (χ0n) is 16.9. The van der Waals surface area contributed by atoms with Crippen LogP contribution in [0, 0.1) is 0 Å². The number of aliphatic hydroxyl groups is 6. The Morgan fingerprint density at radius 3 is 2.39 bits per heavy atom. The van der Waals surface area contributed by atoms with Crippen molar-refractivity contribution in [1.82, 2.24) is 0 Å². The molecule has 12 nitrogen and oxygen atoms in total. The van der Waals surface area contributed by atoms with Gasteiger partial charge in [-0.1, -0.05) is 6.08 Å². The maximum atomic E-state index is 13.3. The maximum Gasteiger partial charge on any atom is 0.239 e. The predicted molar refractivity (Wildman–Crippen MR) is 110 cm³/mol. The van der Waals surface area contributed by atoms with Gasteiger partial charge >= 0.3 is 0 Å². The summed E-state index contributed by atoms with van der Waals surface area (Å²) in [5, 5.41) is 78.9. The highest BCUT2D eigenvalue weighted by molar-refractivity contribution is 5.88. The lowest BCUT2D eigenvalue weighted by atomic mass is 9.97. The van der Waals surface area contributed by atoms with Gasteiger partial charge in [-0.3, -0.25) is 4.79 Å². The summed E-state index contributed by atoms with van der Waals surface area (Å²) in [6.07, 6.45) is -7.33. The Morgan fingerprint density at radius 2 is 1.73 bits per heavy atom. The number of aromatic hydroxyl groups is 2. The maximum absolute atomic E-state index is 13.3. The van der Waals surface area contributed by atoms with Crippen molar-refractivity contribution in [3.8, 4) is 17.2 Å². The average Bonchev–Trinajstić information content (AvgIpc) is 2.76. The molecule has 6 atom stereocenters. The van der Waals surface area contributed by atoms with E-state index in [9.17, 15) is 45.6 Å². The van der Waals surface area contributed by atoms with Crippen molar-refractivity contribution in [3.63, 3.8) is 0 Å². The van der Waals surface area contributed by atoms with Gasteiger partial charge < -0.3 is 54.7 Å². The van der Waals surface area contributed by atoms with E-state index in [1.165, 1.54) is 12.2 Å². The number of phenolic OH excluding ortho intramolecular Hbond substituents is 2. The molecule has 33 heavy (non-hydrogen) atoms. The number of rotatable bonds is 4. The second-order valence-electron chi connectivity index (χ2n) is 7.75. The van der Waals surface area contributed by atoms with Crippen LogP contribution in [0.2, 0.25) is 0 Å². The molecule has 1 aromatic carbocycles. The molecule has 6 unspecified atom stereocenters. The summed E-state index contributed by atoms with van der Waals surface area (Å²) in [6.45, 7) is -0.731. The summed E-state index contributed by atoms with van der Waals surface area (Å²) in [5.74, 6) is -2.20. The third-order valence-corrected chi connectivity index (χ3v) is 5.50.